The van der Waals surface area contributed by atoms with Gasteiger partial charge in [-0.15, -0.1) is 21.5 Å². The highest BCUT2D eigenvalue weighted by Gasteiger charge is 2.20. The van der Waals surface area contributed by atoms with E-state index in [1.807, 2.05) is 6.07 Å². The quantitative estimate of drug-likeness (QED) is 0.774. The van der Waals surface area contributed by atoms with Crippen molar-refractivity contribution in [1.82, 2.24) is 20.4 Å². The van der Waals surface area contributed by atoms with Gasteiger partial charge in [0.05, 0.1) is 5.56 Å². The van der Waals surface area contributed by atoms with E-state index in [1.54, 1.807) is 7.05 Å². The first-order valence-electron chi connectivity index (χ1n) is 7.61. The average Bonchev–Trinajstić information content (AvgIpc) is 2.99. The van der Waals surface area contributed by atoms with Crippen LogP contribution in [0.3, 0.4) is 0 Å². The maximum absolute atomic E-state index is 9.54. The topological polar surface area (TPSA) is 90.6 Å². The van der Waals surface area contributed by atoms with Crippen molar-refractivity contribution in [2.45, 2.75) is 19.3 Å². The Bertz CT molecular complexity index is 921. The van der Waals surface area contributed by atoms with E-state index in [0.29, 0.717) is 11.4 Å². The van der Waals surface area contributed by atoms with Crippen molar-refractivity contribution < 1.29 is 0 Å². The van der Waals surface area contributed by atoms with E-state index in [1.165, 1.54) is 17.8 Å². The zero-order valence-corrected chi connectivity index (χ0v) is 13.5. The molecule has 1 saturated heterocycles. The van der Waals surface area contributed by atoms with Crippen molar-refractivity contribution in [3.63, 3.8) is 0 Å². The maximum Gasteiger partial charge on any atom is 0.169 e. The Morgan fingerprint density at radius 3 is 2.83 bits per heavy atom. The summed E-state index contributed by atoms with van der Waals surface area (Å²) in [7, 11) is 1.81. The highest BCUT2D eigenvalue weighted by Crippen LogP contribution is 2.37. The summed E-state index contributed by atoms with van der Waals surface area (Å²) in [5.41, 5.74) is 1.35. The predicted octanol–water partition coefficient (Wildman–Crippen LogP) is 2.54. The third-order valence-corrected chi connectivity index (χ3v) is 5.25. The van der Waals surface area contributed by atoms with Gasteiger partial charge in [-0.2, -0.15) is 5.26 Å². The molecule has 8 heteroatoms. The molecular formula is C15H15N7S. The van der Waals surface area contributed by atoms with Crippen molar-refractivity contribution in [2.24, 2.45) is 0 Å². The fraction of sp³-hybridized carbons (Fsp3) is 0.400. The molecule has 0 bridgehead atoms. The summed E-state index contributed by atoms with van der Waals surface area (Å²) in [5, 5.41) is 25.4. The molecule has 116 valence electrons. The van der Waals surface area contributed by atoms with Gasteiger partial charge in [0.25, 0.3) is 0 Å². The van der Waals surface area contributed by atoms with Crippen molar-refractivity contribution in [3.8, 4) is 6.07 Å². The third kappa shape index (κ3) is 2.24. The molecule has 7 nitrogen and oxygen atoms in total. The molecule has 3 aromatic rings. The molecule has 1 N–H and O–H groups in total. The van der Waals surface area contributed by atoms with Crippen LogP contribution < -0.4 is 10.2 Å². The normalized spacial score (nSPS) is 15.0. The van der Waals surface area contributed by atoms with E-state index < -0.39 is 0 Å². The van der Waals surface area contributed by atoms with Crippen LogP contribution in [0.4, 0.5) is 11.6 Å². The summed E-state index contributed by atoms with van der Waals surface area (Å²) in [6.45, 7) is 1.92. The molecule has 23 heavy (non-hydrogen) atoms. The van der Waals surface area contributed by atoms with Crippen LogP contribution in [0.2, 0.25) is 0 Å². The molecule has 1 aliphatic rings. The minimum absolute atomic E-state index is 0.601. The van der Waals surface area contributed by atoms with Gasteiger partial charge in [-0.1, -0.05) is 0 Å². The Hall–Kier alpha value is -2.53. The number of nitriles is 1. The molecule has 0 saturated carbocycles. The molecule has 4 heterocycles. The van der Waals surface area contributed by atoms with Crippen LogP contribution >= 0.6 is 11.3 Å². The number of fused-ring (bicyclic) bond motifs is 3. The molecule has 1 aliphatic heterocycles. The number of rotatable bonds is 2. The highest BCUT2D eigenvalue weighted by molar-refractivity contribution is 7.25. The van der Waals surface area contributed by atoms with Crippen LogP contribution in [0.1, 0.15) is 24.8 Å². The molecule has 0 radical (unpaired) electrons. The van der Waals surface area contributed by atoms with Gasteiger partial charge in [0.1, 0.15) is 26.9 Å². The minimum atomic E-state index is 0.601. The average molecular weight is 325 g/mol. The Balaban J connectivity index is 1.95. The van der Waals surface area contributed by atoms with Crippen LogP contribution in [-0.2, 0) is 0 Å². The minimum Gasteiger partial charge on any atom is -0.370 e. The lowest BCUT2D eigenvalue weighted by Crippen LogP contribution is -2.30. The first-order chi connectivity index (χ1) is 11.3. The van der Waals surface area contributed by atoms with Gasteiger partial charge in [-0.05, 0) is 30.5 Å². The lowest BCUT2D eigenvalue weighted by atomic mass is 10.1. The first-order valence-corrected chi connectivity index (χ1v) is 8.43. The smallest absolute Gasteiger partial charge is 0.169 e. The summed E-state index contributed by atoms with van der Waals surface area (Å²) in [4.78, 5) is 7.87. The van der Waals surface area contributed by atoms with Crippen molar-refractivity contribution in [3.05, 3.63) is 11.6 Å². The Labute approximate surface area is 137 Å². The maximum atomic E-state index is 9.54. The van der Waals surface area contributed by atoms with E-state index in [9.17, 15) is 5.26 Å². The van der Waals surface area contributed by atoms with Gasteiger partial charge in [-0.25, -0.2) is 4.98 Å². The van der Waals surface area contributed by atoms with Crippen LogP contribution in [-0.4, -0.2) is 40.5 Å². The van der Waals surface area contributed by atoms with Crippen molar-refractivity contribution >= 4 is 43.4 Å². The number of piperidine rings is 1. The Kier molecular flexibility index (Phi) is 3.42. The van der Waals surface area contributed by atoms with E-state index in [4.69, 9.17) is 4.98 Å². The zero-order valence-electron chi connectivity index (χ0n) is 12.7. The van der Waals surface area contributed by atoms with Crippen LogP contribution in [0, 0.1) is 11.3 Å². The van der Waals surface area contributed by atoms with Crippen molar-refractivity contribution in [2.75, 3.05) is 30.4 Å². The molecular weight excluding hydrogens is 310 g/mol. The van der Waals surface area contributed by atoms with Gasteiger partial charge in [-0.3, -0.25) is 0 Å². The Morgan fingerprint density at radius 1 is 1.26 bits per heavy atom. The van der Waals surface area contributed by atoms with E-state index in [-0.39, 0.29) is 0 Å². The second kappa shape index (κ2) is 5.59. The molecule has 3 aromatic heterocycles. The molecule has 0 atom stereocenters. The summed E-state index contributed by atoms with van der Waals surface area (Å²) >= 11 is 1.54. The summed E-state index contributed by atoms with van der Waals surface area (Å²) < 4.78 is 0.921. The largest absolute Gasteiger partial charge is 0.370 e. The number of nitrogens with one attached hydrogen (secondary N) is 1. The molecule has 0 unspecified atom stereocenters. The monoisotopic (exact) mass is 325 g/mol. The van der Waals surface area contributed by atoms with Gasteiger partial charge in [0.2, 0.25) is 0 Å². The molecule has 0 spiro atoms. The summed E-state index contributed by atoms with van der Waals surface area (Å²) in [6, 6.07) is 4.18. The summed E-state index contributed by atoms with van der Waals surface area (Å²) in [6.07, 6.45) is 3.54. The SMILES string of the molecule is CNc1nnnc2c1sc1nc(N3CCCCC3)c(C#N)cc12. The van der Waals surface area contributed by atoms with Gasteiger partial charge < -0.3 is 10.2 Å². The number of hydrogen-bond acceptors (Lipinski definition) is 8. The molecule has 0 amide bonds. The van der Waals surface area contributed by atoms with Gasteiger partial charge >= 0.3 is 0 Å². The lowest BCUT2D eigenvalue weighted by molar-refractivity contribution is 0.574. The standard InChI is InChI=1S/C15H15N7S/c1-17-13-12-11(19-21-20-13)10-7-9(8-16)14(18-15(10)23-12)22-5-3-2-4-6-22/h7H,2-6H2,1H3,(H,17,19,20). The fourth-order valence-electron chi connectivity index (χ4n) is 3.01. The second-order valence-electron chi connectivity index (χ2n) is 5.54. The first kappa shape index (κ1) is 14.1. The van der Waals surface area contributed by atoms with Crippen LogP contribution in [0.5, 0.6) is 0 Å². The molecule has 4 rings (SSSR count). The second-order valence-corrected chi connectivity index (χ2v) is 6.54. The number of anilines is 2. The number of hydrogen-bond donors (Lipinski definition) is 1. The van der Waals surface area contributed by atoms with E-state index in [2.05, 4.69) is 31.7 Å². The van der Waals surface area contributed by atoms with E-state index >= 15 is 0 Å². The highest BCUT2D eigenvalue weighted by atomic mass is 32.1. The number of thiophene rings is 1. The van der Waals surface area contributed by atoms with E-state index in [0.717, 1.165) is 52.2 Å². The van der Waals surface area contributed by atoms with Crippen molar-refractivity contribution in [1.29, 1.82) is 5.26 Å². The number of pyridine rings is 1. The predicted molar refractivity (Wildman–Crippen MR) is 90.8 cm³/mol. The van der Waals surface area contributed by atoms with Gasteiger partial charge in [0, 0.05) is 25.5 Å². The third-order valence-electron chi connectivity index (χ3n) is 4.15. The molecule has 0 aliphatic carbocycles. The number of nitrogens with zero attached hydrogens (tertiary/aromatic N) is 6. The van der Waals surface area contributed by atoms with Crippen LogP contribution in [0.25, 0.3) is 20.4 Å². The summed E-state index contributed by atoms with van der Waals surface area (Å²) in [5.74, 6) is 1.48. The van der Waals surface area contributed by atoms with Crippen LogP contribution in [0.15, 0.2) is 6.07 Å². The molecule has 1 fully saturated rings. The molecule has 0 aromatic carbocycles. The fourth-order valence-corrected chi connectivity index (χ4v) is 4.09. The zero-order chi connectivity index (χ0) is 15.8. The Morgan fingerprint density at radius 2 is 2.09 bits per heavy atom. The van der Waals surface area contributed by atoms with Gasteiger partial charge in [0.15, 0.2) is 5.82 Å². The number of aromatic nitrogens is 4. The lowest BCUT2D eigenvalue weighted by Gasteiger charge is -2.28.